The lowest BCUT2D eigenvalue weighted by Gasteiger charge is -2.14. The molecule has 14 heavy (non-hydrogen) atoms. The van der Waals surface area contributed by atoms with Gasteiger partial charge >= 0.3 is 0 Å². The zero-order chi connectivity index (χ0) is 10.6. The maximum absolute atomic E-state index is 6.00. The minimum atomic E-state index is 0.291. The van der Waals surface area contributed by atoms with E-state index >= 15 is 0 Å². The zero-order valence-electron chi connectivity index (χ0n) is 8.80. The van der Waals surface area contributed by atoms with Gasteiger partial charge in [-0.3, -0.25) is 0 Å². The lowest BCUT2D eigenvalue weighted by Crippen LogP contribution is -2.20. The van der Waals surface area contributed by atoms with Crippen LogP contribution < -0.4 is 5.32 Å². The van der Waals surface area contributed by atoms with Gasteiger partial charge in [0.15, 0.2) is 0 Å². The molecular formula is C11H16ClNO. The van der Waals surface area contributed by atoms with Crippen molar-refractivity contribution in [2.24, 2.45) is 0 Å². The highest BCUT2D eigenvalue weighted by atomic mass is 35.5. The van der Waals surface area contributed by atoms with Gasteiger partial charge in [-0.2, -0.15) is 0 Å². The third-order valence-corrected chi connectivity index (χ3v) is 2.41. The summed E-state index contributed by atoms with van der Waals surface area (Å²) in [6.07, 6.45) is 0. The minimum Gasteiger partial charge on any atom is -0.383 e. The normalized spacial score (nSPS) is 12.6. The van der Waals surface area contributed by atoms with E-state index < -0.39 is 0 Å². The van der Waals surface area contributed by atoms with Crippen molar-refractivity contribution in [1.29, 1.82) is 0 Å². The molecule has 2 nitrogen and oxygen atoms in total. The first-order chi connectivity index (χ1) is 6.63. The van der Waals surface area contributed by atoms with Gasteiger partial charge < -0.3 is 10.1 Å². The van der Waals surface area contributed by atoms with Crippen LogP contribution in [0.2, 0.25) is 5.02 Å². The minimum absolute atomic E-state index is 0.291. The van der Waals surface area contributed by atoms with Gasteiger partial charge in [-0.1, -0.05) is 17.7 Å². The Balaban J connectivity index is 2.63. The Morgan fingerprint density at radius 1 is 1.50 bits per heavy atom. The number of ether oxygens (including phenoxy) is 1. The number of hydrogen-bond donors (Lipinski definition) is 1. The van der Waals surface area contributed by atoms with Crippen LogP contribution in [0.5, 0.6) is 0 Å². The summed E-state index contributed by atoms with van der Waals surface area (Å²) in [6.45, 7) is 4.74. The van der Waals surface area contributed by atoms with Crippen LogP contribution in [0.3, 0.4) is 0 Å². The quantitative estimate of drug-likeness (QED) is 0.830. The smallest absolute Gasteiger partial charge is 0.0661 e. The fourth-order valence-electron chi connectivity index (χ4n) is 1.26. The number of rotatable bonds is 4. The molecule has 0 heterocycles. The van der Waals surface area contributed by atoms with Gasteiger partial charge in [0.25, 0.3) is 0 Å². The van der Waals surface area contributed by atoms with Crippen LogP contribution in [0.1, 0.15) is 12.5 Å². The molecule has 0 fully saturated rings. The standard InChI is InChI=1S/C11H16ClNO/c1-8-4-5-10(6-11(8)12)13-9(2)7-14-3/h4-6,9,13H,7H2,1-3H3. The monoisotopic (exact) mass is 213 g/mol. The first-order valence-corrected chi connectivity index (χ1v) is 5.03. The Morgan fingerprint density at radius 3 is 2.79 bits per heavy atom. The van der Waals surface area contributed by atoms with Gasteiger partial charge in [-0.15, -0.1) is 0 Å². The van der Waals surface area contributed by atoms with E-state index in [2.05, 4.69) is 12.2 Å². The molecule has 0 aromatic heterocycles. The predicted molar refractivity (Wildman–Crippen MR) is 61.1 cm³/mol. The summed E-state index contributed by atoms with van der Waals surface area (Å²) in [7, 11) is 1.69. The van der Waals surface area contributed by atoms with Gasteiger partial charge in [0.1, 0.15) is 0 Å². The van der Waals surface area contributed by atoms with Crippen LogP contribution in [-0.2, 0) is 4.74 Å². The molecule has 0 spiro atoms. The SMILES string of the molecule is COCC(C)Nc1ccc(C)c(Cl)c1. The van der Waals surface area contributed by atoms with Crippen molar-refractivity contribution < 1.29 is 4.74 Å². The topological polar surface area (TPSA) is 21.3 Å². The molecule has 0 aliphatic carbocycles. The molecule has 1 N–H and O–H groups in total. The first kappa shape index (κ1) is 11.3. The van der Waals surface area contributed by atoms with E-state index in [1.807, 2.05) is 25.1 Å². The summed E-state index contributed by atoms with van der Waals surface area (Å²) in [6, 6.07) is 6.25. The van der Waals surface area contributed by atoms with Crippen LogP contribution in [0, 0.1) is 6.92 Å². The number of hydrogen-bond acceptors (Lipinski definition) is 2. The van der Waals surface area contributed by atoms with Crippen molar-refractivity contribution in [2.45, 2.75) is 19.9 Å². The number of halogens is 1. The van der Waals surface area contributed by atoms with E-state index in [0.29, 0.717) is 12.6 Å². The van der Waals surface area contributed by atoms with Crippen molar-refractivity contribution >= 4 is 17.3 Å². The average Bonchev–Trinajstić information content (AvgIpc) is 2.12. The van der Waals surface area contributed by atoms with Crippen molar-refractivity contribution in [3.63, 3.8) is 0 Å². The number of anilines is 1. The molecule has 1 rings (SSSR count). The second-order valence-electron chi connectivity index (χ2n) is 3.46. The number of methoxy groups -OCH3 is 1. The second-order valence-corrected chi connectivity index (χ2v) is 3.87. The Kier molecular flexibility index (Phi) is 4.23. The Bertz CT molecular complexity index is 301. The molecular weight excluding hydrogens is 198 g/mol. The third-order valence-electron chi connectivity index (χ3n) is 2.00. The van der Waals surface area contributed by atoms with Crippen molar-refractivity contribution in [3.8, 4) is 0 Å². The van der Waals surface area contributed by atoms with E-state index in [0.717, 1.165) is 16.3 Å². The van der Waals surface area contributed by atoms with Crippen molar-refractivity contribution in [3.05, 3.63) is 28.8 Å². The lowest BCUT2D eigenvalue weighted by molar-refractivity contribution is 0.190. The number of nitrogens with one attached hydrogen (secondary N) is 1. The summed E-state index contributed by atoms with van der Waals surface area (Å²) >= 11 is 6.00. The van der Waals surface area contributed by atoms with Gasteiger partial charge in [-0.05, 0) is 31.5 Å². The number of benzene rings is 1. The molecule has 0 saturated carbocycles. The fraction of sp³-hybridized carbons (Fsp3) is 0.455. The van der Waals surface area contributed by atoms with E-state index in [-0.39, 0.29) is 0 Å². The van der Waals surface area contributed by atoms with Gasteiger partial charge in [-0.25, -0.2) is 0 Å². The van der Waals surface area contributed by atoms with E-state index in [9.17, 15) is 0 Å². The van der Waals surface area contributed by atoms with Crippen molar-refractivity contribution in [2.75, 3.05) is 19.0 Å². The molecule has 1 aromatic carbocycles. The second kappa shape index (κ2) is 5.23. The Labute approximate surface area is 90.2 Å². The van der Waals surface area contributed by atoms with E-state index in [1.165, 1.54) is 0 Å². The van der Waals surface area contributed by atoms with Crippen LogP contribution in [-0.4, -0.2) is 19.8 Å². The zero-order valence-corrected chi connectivity index (χ0v) is 9.56. The summed E-state index contributed by atoms with van der Waals surface area (Å²) in [5.41, 5.74) is 2.13. The van der Waals surface area contributed by atoms with Gasteiger partial charge in [0.05, 0.1) is 6.61 Å². The number of aryl methyl sites for hydroxylation is 1. The lowest BCUT2D eigenvalue weighted by atomic mass is 10.2. The summed E-state index contributed by atoms with van der Waals surface area (Å²) in [4.78, 5) is 0. The van der Waals surface area contributed by atoms with E-state index in [4.69, 9.17) is 16.3 Å². The fourth-order valence-corrected chi connectivity index (χ4v) is 1.44. The molecule has 0 bridgehead atoms. The summed E-state index contributed by atoms with van der Waals surface area (Å²) < 4.78 is 5.03. The highest BCUT2D eigenvalue weighted by Crippen LogP contribution is 2.20. The third kappa shape index (κ3) is 3.20. The maximum Gasteiger partial charge on any atom is 0.0661 e. The highest BCUT2D eigenvalue weighted by molar-refractivity contribution is 6.31. The molecule has 1 unspecified atom stereocenters. The molecule has 78 valence electrons. The molecule has 0 aliphatic heterocycles. The molecule has 0 aliphatic rings. The van der Waals surface area contributed by atoms with E-state index in [1.54, 1.807) is 7.11 Å². The first-order valence-electron chi connectivity index (χ1n) is 4.65. The molecule has 0 amide bonds. The average molecular weight is 214 g/mol. The van der Waals surface area contributed by atoms with Crippen LogP contribution in [0.4, 0.5) is 5.69 Å². The largest absolute Gasteiger partial charge is 0.383 e. The molecule has 1 atom stereocenters. The molecule has 0 saturated heterocycles. The molecule has 0 radical (unpaired) electrons. The Hall–Kier alpha value is -0.730. The molecule has 1 aromatic rings. The van der Waals surface area contributed by atoms with Crippen LogP contribution in [0.15, 0.2) is 18.2 Å². The van der Waals surface area contributed by atoms with Crippen LogP contribution >= 0.6 is 11.6 Å². The maximum atomic E-state index is 6.00. The van der Waals surface area contributed by atoms with Crippen LogP contribution in [0.25, 0.3) is 0 Å². The van der Waals surface area contributed by atoms with Crippen molar-refractivity contribution in [1.82, 2.24) is 0 Å². The predicted octanol–water partition coefficient (Wildman–Crippen LogP) is 3.10. The highest BCUT2D eigenvalue weighted by Gasteiger charge is 2.02. The molecule has 3 heteroatoms. The van der Waals surface area contributed by atoms with Gasteiger partial charge in [0, 0.05) is 23.9 Å². The van der Waals surface area contributed by atoms with Gasteiger partial charge in [0.2, 0.25) is 0 Å². The Morgan fingerprint density at radius 2 is 2.21 bits per heavy atom. The summed E-state index contributed by atoms with van der Waals surface area (Å²) in [5, 5.41) is 4.09. The summed E-state index contributed by atoms with van der Waals surface area (Å²) in [5.74, 6) is 0.